The van der Waals surface area contributed by atoms with E-state index in [2.05, 4.69) is 10.2 Å². The van der Waals surface area contributed by atoms with Crippen molar-refractivity contribution in [2.24, 2.45) is 5.84 Å². The average molecular weight is 194 g/mol. The predicted octanol–water partition coefficient (Wildman–Crippen LogP) is -0.468. The summed E-state index contributed by atoms with van der Waals surface area (Å²) in [7, 11) is 0. The first-order chi connectivity index (χ1) is 6.74. The van der Waals surface area contributed by atoms with Gasteiger partial charge in [-0.05, 0) is 12.8 Å². The molecular weight excluding hydrogens is 184 g/mol. The number of fused-ring (bicyclic) bond motifs is 1. The van der Waals surface area contributed by atoms with Crippen molar-refractivity contribution in [2.45, 2.75) is 19.3 Å². The molecule has 0 fully saturated rings. The second kappa shape index (κ2) is 3.22. The van der Waals surface area contributed by atoms with E-state index >= 15 is 0 Å². The maximum absolute atomic E-state index is 11.5. The summed E-state index contributed by atoms with van der Waals surface area (Å²) < 4.78 is 0. The van der Waals surface area contributed by atoms with Gasteiger partial charge in [0.05, 0.1) is 5.56 Å². The lowest BCUT2D eigenvalue weighted by Gasteiger charge is -2.09. The van der Waals surface area contributed by atoms with E-state index in [9.17, 15) is 9.59 Å². The van der Waals surface area contributed by atoms with Crippen molar-refractivity contribution in [3.63, 3.8) is 0 Å². The average Bonchev–Trinajstić information content (AvgIpc) is 2.62. The maximum Gasteiger partial charge on any atom is 0.286 e. The van der Waals surface area contributed by atoms with Gasteiger partial charge in [-0.2, -0.15) is 5.10 Å². The molecule has 4 N–H and O–H groups in total. The van der Waals surface area contributed by atoms with Crippen LogP contribution in [0.25, 0.3) is 0 Å². The number of nitrogens with zero attached hydrogens (tertiary/aromatic N) is 1. The number of rotatable bonds is 1. The monoisotopic (exact) mass is 194 g/mol. The molecular formula is C8H10N4O2. The first-order valence-electron chi connectivity index (χ1n) is 4.35. The number of Topliss-reactive ketones (excluding diaryl/α,β-unsaturated/α-hetero) is 1. The number of aromatic nitrogens is 2. The molecule has 1 aromatic rings. The van der Waals surface area contributed by atoms with Crippen LogP contribution in [0.3, 0.4) is 0 Å². The molecule has 1 aromatic heterocycles. The maximum atomic E-state index is 11.5. The van der Waals surface area contributed by atoms with Gasteiger partial charge in [0.1, 0.15) is 0 Å². The minimum atomic E-state index is -0.530. The topological polar surface area (TPSA) is 101 Å². The molecule has 1 heterocycles. The summed E-state index contributed by atoms with van der Waals surface area (Å²) in [6.07, 6.45) is 2.03. The third-order valence-electron chi connectivity index (χ3n) is 2.30. The van der Waals surface area contributed by atoms with Crippen molar-refractivity contribution < 1.29 is 9.59 Å². The highest BCUT2D eigenvalue weighted by Gasteiger charge is 2.26. The molecule has 6 heteroatoms. The minimum Gasteiger partial charge on any atom is -0.294 e. The van der Waals surface area contributed by atoms with Gasteiger partial charge in [-0.15, -0.1) is 0 Å². The van der Waals surface area contributed by atoms with E-state index < -0.39 is 5.91 Å². The lowest BCUT2D eigenvalue weighted by molar-refractivity contribution is 0.0924. The van der Waals surface area contributed by atoms with Crippen LogP contribution in [0.5, 0.6) is 0 Å². The fraction of sp³-hybridized carbons (Fsp3) is 0.375. The van der Waals surface area contributed by atoms with Gasteiger partial charge in [-0.1, -0.05) is 0 Å². The molecule has 1 aliphatic carbocycles. The zero-order valence-corrected chi connectivity index (χ0v) is 7.46. The standard InChI is InChI=1S/C8H10N4O2/c9-10-8(14)7-6-4(11-12-7)2-1-3-5(6)13/h1-3,9H2,(H,10,14)(H,11,12). The summed E-state index contributed by atoms with van der Waals surface area (Å²) in [5, 5.41) is 6.47. The van der Waals surface area contributed by atoms with Gasteiger partial charge in [0.2, 0.25) is 0 Å². The van der Waals surface area contributed by atoms with Crippen molar-refractivity contribution >= 4 is 11.7 Å². The number of nitrogen functional groups attached to an aromatic ring is 1. The highest BCUT2D eigenvalue weighted by Crippen LogP contribution is 2.21. The van der Waals surface area contributed by atoms with Crippen molar-refractivity contribution in [2.75, 3.05) is 0 Å². The molecule has 6 nitrogen and oxygen atoms in total. The van der Waals surface area contributed by atoms with Crippen LogP contribution < -0.4 is 11.3 Å². The Kier molecular flexibility index (Phi) is 2.05. The van der Waals surface area contributed by atoms with E-state index in [-0.39, 0.29) is 11.5 Å². The largest absolute Gasteiger partial charge is 0.294 e. The van der Waals surface area contributed by atoms with Crippen LogP contribution in [0.15, 0.2) is 0 Å². The number of amides is 1. The number of aryl methyl sites for hydroxylation is 1. The summed E-state index contributed by atoms with van der Waals surface area (Å²) in [6, 6.07) is 0. The van der Waals surface area contributed by atoms with Gasteiger partial charge in [-0.3, -0.25) is 20.1 Å². The Bertz CT molecular complexity index is 396. The van der Waals surface area contributed by atoms with Gasteiger partial charge in [0.15, 0.2) is 11.5 Å². The van der Waals surface area contributed by atoms with E-state index in [0.29, 0.717) is 12.0 Å². The van der Waals surface area contributed by atoms with Gasteiger partial charge in [0, 0.05) is 12.1 Å². The van der Waals surface area contributed by atoms with Gasteiger partial charge >= 0.3 is 0 Å². The number of carbonyl (C=O) groups is 2. The summed E-state index contributed by atoms with van der Waals surface area (Å²) in [4.78, 5) is 22.7. The van der Waals surface area contributed by atoms with Crippen molar-refractivity contribution in [3.05, 3.63) is 17.0 Å². The van der Waals surface area contributed by atoms with Gasteiger partial charge < -0.3 is 0 Å². The number of hydrazine groups is 1. The Morgan fingerprint density at radius 2 is 2.29 bits per heavy atom. The number of nitrogens with one attached hydrogen (secondary N) is 2. The Morgan fingerprint density at radius 3 is 3.00 bits per heavy atom. The molecule has 1 amide bonds. The summed E-state index contributed by atoms with van der Waals surface area (Å²) in [5.74, 6) is 4.40. The number of hydrogen-bond donors (Lipinski definition) is 3. The summed E-state index contributed by atoms with van der Waals surface area (Å²) in [6.45, 7) is 0. The Morgan fingerprint density at radius 1 is 1.50 bits per heavy atom. The van der Waals surface area contributed by atoms with Crippen LogP contribution in [0.4, 0.5) is 0 Å². The number of H-pyrrole nitrogens is 1. The quantitative estimate of drug-likeness (QED) is 0.319. The molecule has 2 rings (SSSR count). The van der Waals surface area contributed by atoms with E-state index in [4.69, 9.17) is 5.84 Å². The molecule has 1 aliphatic rings. The minimum absolute atomic E-state index is 0.0430. The number of nitrogens with two attached hydrogens (primary N) is 1. The van der Waals surface area contributed by atoms with Crippen LogP contribution >= 0.6 is 0 Å². The van der Waals surface area contributed by atoms with Gasteiger partial charge in [-0.25, -0.2) is 5.84 Å². The zero-order chi connectivity index (χ0) is 10.1. The number of hydrogen-bond acceptors (Lipinski definition) is 4. The Hall–Kier alpha value is -1.69. The highest BCUT2D eigenvalue weighted by molar-refractivity contribution is 6.08. The smallest absolute Gasteiger partial charge is 0.286 e. The molecule has 74 valence electrons. The molecule has 0 unspecified atom stereocenters. The SMILES string of the molecule is NNC(=O)c1n[nH]c2c1C(=O)CCC2. The first-order valence-corrected chi connectivity index (χ1v) is 4.35. The fourth-order valence-corrected chi connectivity index (χ4v) is 1.64. The molecule has 0 atom stereocenters. The van der Waals surface area contributed by atoms with Crippen molar-refractivity contribution in [1.29, 1.82) is 0 Å². The molecule has 0 saturated heterocycles. The number of ketones is 1. The molecule has 0 spiro atoms. The third kappa shape index (κ3) is 1.20. The Labute approximate surface area is 79.8 Å². The Balaban J connectivity index is 2.48. The van der Waals surface area contributed by atoms with E-state index in [1.54, 1.807) is 0 Å². The lowest BCUT2D eigenvalue weighted by atomic mass is 9.94. The molecule has 0 aromatic carbocycles. The summed E-state index contributed by atoms with van der Waals surface area (Å²) in [5.41, 5.74) is 3.21. The zero-order valence-electron chi connectivity index (χ0n) is 7.46. The third-order valence-corrected chi connectivity index (χ3v) is 2.30. The normalized spacial score (nSPS) is 15.1. The van der Waals surface area contributed by atoms with E-state index in [1.165, 1.54) is 0 Å². The molecule has 0 radical (unpaired) electrons. The second-order valence-electron chi connectivity index (χ2n) is 3.18. The van der Waals surface area contributed by atoms with Crippen LogP contribution in [0.2, 0.25) is 0 Å². The molecule has 0 aliphatic heterocycles. The van der Waals surface area contributed by atoms with Crippen molar-refractivity contribution in [1.82, 2.24) is 15.6 Å². The van der Waals surface area contributed by atoms with E-state index in [1.807, 2.05) is 5.43 Å². The summed E-state index contributed by atoms with van der Waals surface area (Å²) >= 11 is 0. The molecule has 0 saturated carbocycles. The first kappa shape index (κ1) is 8.89. The van der Waals surface area contributed by atoms with Crippen LogP contribution in [0.1, 0.15) is 39.4 Å². The molecule has 0 bridgehead atoms. The van der Waals surface area contributed by atoms with Crippen LogP contribution in [0, 0.1) is 0 Å². The van der Waals surface area contributed by atoms with Crippen LogP contribution in [-0.2, 0) is 6.42 Å². The number of carbonyl (C=O) groups excluding carboxylic acids is 2. The van der Waals surface area contributed by atoms with Crippen molar-refractivity contribution in [3.8, 4) is 0 Å². The molecule has 14 heavy (non-hydrogen) atoms. The van der Waals surface area contributed by atoms with E-state index in [0.717, 1.165) is 18.5 Å². The predicted molar refractivity (Wildman–Crippen MR) is 47.5 cm³/mol. The second-order valence-corrected chi connectivity index (χ2v) is 3.18. The lowest BCUT2D eigenvalue weighted by Crippen LogP contribution is -2.31. The fourth-order valence-electron chi connectivity index (χ4n) is 1.64. The van der Waals surface area contributed by atoms with Crippen LogP contribution in [-0.4, -0.2) is 21.9 Å². The highest BCUT2D eigenvalue weighted by atomic mass is 16.2. The van der Waals surface area contributed by atoms with Gasteiger partial charge in [0.25, 0.3) is 5.91 Å². The number of aromatic amines is 1.